The first kappa shape index (κ1) is 28.7. The molecule has 0 aliphatic carbocycles. The highest BCUT2D eigenvalue weighted by Gasteiger charge is 2.17. The highest BCUT2D eigenvalue weighted by atomic mass is 16.5. The zero-order valence-corrected chi connectivity index (χ0v) is 23.9. The molecule has 4 N–H and O–H groups in total. The first-order valence-corrected chi connectivity index (χ1v) is 14.7. The van der Waals surface area contributed by atoms with Crippen molar-refractivity contribution in [2.45, 2.75) is 51.6 Å². The third kappa shape index (κ3) is 7.91. The van der Waals surface area contributed by atoms with E-state index in [1.165, 1.54) is 11.1 Å². The normalized spacial score (nSPS) is 15.2. The molecule has 0 bridgehead atoms. The minimum absolute atomic E-state index is 0.132. The molecule has 0 saturated carbocycles. The molecule has 1 aliphatic heterocycles. The summed E-state index contributed by atoms with van der Waals surface area (Å²) in [5.74, 6) is 0.538. The maximum atomic E-state index is 11.1. The van der Waals surface area contributed by atoms with Gasteiger partial charge in [0.2, 0.25) is 5.91 Å². The van der Waals surface area contributed by atoms with E-state index in [1.807, 2.05) is 6.07 Å². The quantitative estimate of drug-likeness (QED) is 0.0997. The zero-order valence-electron chi connectivity index (χ0n) is 23.9. The van der Waals surface area contributed by atoms with Crippen LogP contribution in [0.4, 0.5) is 5.82 Å². The van der Waals surface area contributed by atoms with Crippen molar-refractivity contribution in [3.8, 4) is 11.3 Å². The molecular formula is C32H41N7O2. The fourth-order valence-corrected chi connectivity index (χ4v) is 5.49. The summed E-state index contributed by atoms with van der Waals surface area (Å²) in [4.78, 5) is 28.6. The Morgan fingerprint density at radius 1 is 0.951 bits per heavy atom. The Bertz CT molecular complexity index is 1380. The van der Waals surface area contributed by atoms with Gasteiger partial charge >= 0.3 is 0 Å². The summed E-state index contributed by atoms with van der Waals surface area (Å²) >= 11 is 0. The van der Waals surface area contributed by atoms with Gasteiger partial charge in [-0.3, -0.25) is 14.9 Å². The molecule has 1 saturated heterocycles. The molecule has 0 spiro atoms. The van der Waals surface area contributed by atoms with Crippen molar-refractivity contribution in [1.29, 1.82) is 0 Å². The average molecular weight is 556 g/mol. The van der Waals surface area contributed by atoms with E-state index >= 15 is 0 Å². The number of hydrogen-bond donors (Lipinski definition) is 4. The highest BCUT2D eigenvalue weighted by Crippen LogP contribution is 2.29. The van der Waals surface area contributed by atoms with Crippen LogP contribution in [0.2, 0.25) is 0 Å². The van der Waals surface area contributed by atoms with E-state index in [-0.39, 0.29) is 11.9 Å². The molecular weight excluding hydrogens is 514 g/mol. The molecule has 216 valence electrons. The van der Waals surface area contributed by atoms with E-state index in [4.69, 9.17) is 5.21 Å². The van der Waals surface area contributed by atoms with E-state index < -0.39 is 0 Å². The summed E-state index contributed by atoms with van der Waals surface area (Å²) in [6, 6.07) is 21.5. The molecule has 1 fully saturated rings. The summed E-state index contributed by atoms with van der Waals surface area (Å²) in [6.45, 7) is 8.58. The number of hydrogen-bond acceptors (Lipinski definition) is 7. The van der Waals surface area contributed by atoms with Crippen LogP contribution in [-0.2, 0) is 11.3 Å². The summed E-state index contributed by atoms with van der Waals surface area (Å²) in [5.41, 5.74) is 7.23. The topological polar surface area (TPSA) is 109 Å². The number of amides is 1. The molecule has 4 aromatic rings. The molecule has 41 heavy (non-hydrogen) atoms. The van der Waals surface area contributed by atoms with E-state index in [0.29, 0.717) is 6.42 Å². The Hall–Kier alpha value is -3.79. The number of rotatable bonds is 13. The number of H-pyrrole nitrogens is 1. The van der Waals surface area contributed by atoms with Gasteiger partial charge in [-0.05, 0) is 49.1 Å². The molecule has 3 heterocycles. The van der Waals surface area contributed by atoms with Gasteiger partial charge < -0.3 is 15.2 Å². The second kappa shape index (κ2) is 14.2. The molecule has 1 unspecified atom stereocenters. The van der Waals surface area contributed by atoms with Crippen LogP contribution < -0.4 is 10.8 Å². The van der Waals surface area contributed by atoms with Crippen molar-refractivity contribution in [2.24, 2.45) is 0 Å². The van der Waals surface area contributed by atoms with Gasteiger partial charge in [0.25, 0.3) is 0 Å². The van der Waals surface area contributed by atoms with Gasteiger partial charge in [-0.2, -0.15) is 0 Å². The standard InChI is InChI=1S/C32H41N7O2/c1-24(26-9-5-4-6-10-26)35-31-28-21-29(36-32(28)34-23-33-31)27-14-12-25(13-15-27)22-39-19-17-38(18-20-39)16-8-3-2-7-11-30(40)37-41/h4-6,9-10,12-15,21,23-24,41H,2-3,7-8,11,16-20,22H2,1H3,(H,37,40)(H2,33,34,35,36). The Labute approximate surface area is 242 Å². The Morgan fingerprint density at radius 2 is 1.68 bits per heavy atom. The summed E-state index contributed by atoms with van der Waals surface area (Å²) < 4.78 is 0. The minimum Gasteiger partial charge on any atom is -0.363 e. The average Bonchev–Trinajstić information content (AvgIpc) is 3.46. The van der Waals surface area contributed by atoms with Gasteiger partial charge in [-0.1, -0.05) is 67.4 Å². The molecule has 9 nitrogen and oxygen atoms in total. The highest BCUT2D eigenvalue weighted by molar-refractivity contribution is 5.91. The first-order chi connectivity index (χ1) is 20.1. The number of nitrogens with zero attached hydrogens (tertiary/aromatic N) is 4. The monoisotopic (exact) mass is 555 g/mol. The first-order valence-electron chi connectivity index (χ1n) is 14.7. The number of anilines is 1. The van der Waals surface area contributed by atoms with Crippen LogP contribution in [0, 0.1) is 0 Å². The molecule has 1 aliphatic rings. The third-order valence-corrected chi connectivity index (χ3v) is 7.97. The van der Waals surface area contributed by atoms with Crippen LogP contribution in [0.3, 0.4) is 0 Å². The molecule has 1 atom stereocenters. The van der Waals surface area contributed by atoms with Crippen molar-refractivity contribution < 1.29 is 10.0 Å². The maximum Gasteiger partial charge on any atom is 0.243 e. The summed E-state index contributed by atoms with van der Waals surface area (Å²) in [6.07, 6.45) is 6.15. The van der Waals surface area contributed by atoms with Crippen molar-refractivity contribution in [3.63, 3.8) is 0 Å². The van der Waals surface area contributed by atoms with E-state index in [9.17, 15) is 4.79 Å². The fourth-order valence-electron chi connectivity index (χ4n) is 5.49. The number of carbonyl (C=O) groups excluding carboxylic acids is 1. The molecule has 5 rings (SSSR count). The van der Waals surface area contributed by atoms with Gasteiger partial charge in [0.15, 0.2) is 0 Å². The number of fused-ring (bicyclic) bond motifs is 1. The van der Waals surface area contributed by atoms with Crippen LogP contribution in [0.25, 0.3) is 22.3 Å². The number of carbonyl (C=O) groups is 1. The summed E-state index contributed by atoms with van der Waals surface area (Å²) in [5, 5.41) is 13.1. The Balaban J connectivity index is 1.10. The van der Waals surface area contributed by atoms with Crippen molar-refractivity contribution in [3.05, 3.63) is 78.1 Å². The number of aromatic amines is 1. The van der Waals surface area contributed by atoms with Crippen LogP contribution in [0.1, 0.15) is 56.2 Å². The number of piperazine rings is 1. The molecule has 2 aromatic carbocycles. The van der Waals surface area contributed by atoms with E-state index in [0.717, 1.165) is 93.1 Å². The van der Waals surface area contributed by atoms with Crippen molar-refractivity contribution >= 4 is 22.8 Å². The smallest absolute Gasteiger partial charge is 0.243 e. The lowest BCUT2D eigenvalue weighted by atomic mass is 10.1. The van der Waals surface area contributed by atoms with Crippen LogP contribution in [0.15, 0.2) is 67.0 Å². The number of benzene rings is 2. The number of unbranched alkanes of at least 4 members (excludes halogenated alkanes) is 3. The van der Waals surface area contributed by atoms with Crippen LogP contribution >= 0.6 is 0 Å². The van der Waals surface area contributed by atoms with Gasteiger partial charge in [-0.15, -0.1) is 0 Å². The van der Waals surface area contributed by atoms with E-state index in [1.54, 1.807) is 11.8 Å². The number of aromatic nitrogens is 3. The summed E-state index contributed by atoms with van der Waals surface area (Å²) in [7, 11) is 0. The lowest BCUT2D eigenvalue weighted by Gasteiger charge is -2.34. The molecule has 1 amide bonds. The van der Waals surface area contributed by atoms with Crippen LogP contribution in [-0.4, -0.2) is 68.6 Å². The van der Waals surface area contributed by atoms with Crippen LogP contribution in [0.5, 0.6) is 0 Å². The number of nitrogens with one attached hydrogen (secondary N) is 3. The Kier molecular flexibility index (Phi) is 9.96. The molecule has 0 radical (unpaired) electrons. The maximum absolute atomic E-state index is 11.1. The number of hydroxylamine groups is 1. The Morgan fingerprint density at radius 3 is 2.44 bits per heavy atom. The largest absolute Gasteiger partial charge is 0.363 e. The molecule has 2 aromatic heterocycles. The lowest BCUT2D eigenvalue weighted by Crippen LogP contribution is -2.46. The van der Waals surface area contributed by atoms with E-state index in [2.05, 4.69) is 91.6 Å². The minimum atomic E-state index is -0.292. The van der Waals surface area contributed by atoms with Gasteiger partial charge in [0, 0.05) is 50.9 Å². The third-order valence-electron chi connectivity index (χ3n) is 7.97. The van der Waals surface area contributed by atoms with Crippen molar-refractivity contribution in [2.75, 3.05) is 38.0 Å². The fraction of sp³-hybridized carbons (Fsp3) is 0.406. The predicted octanol–water partition coefficient (Wildman–Crippen LogP) is 5.37. The van der Waals surface area contributed by atoms with Crippen molar-refractivity contribution in [1.82, 2.24) is 30.2 Å². The van der Waals surface area contributed by atoms with Gasteiger partial charge in [0.1, 0.15) is 17.8 Å². The molecule has 9 heteroatoms. The van der Waals surface area contributed by atoms with Gasteiger partial charge in [0.05, 0.1) is 5.39 Å². The SMILES string of the molecule is CC(Nc1ncnc2[nH]c(-c3ccc(CN4CCN(CCCCCCC(=O)NO)CC4)cc3)cc12)c1ccccc1. The zero-order chi connectivity index (χ0) is 28.4. The second-order valence-electron chi connectivity index (χ2n) is 11.0. The second-order valence-corrected chi connectivity index (χ2v) is 11.0. The lowest BCUT2D eigenvalue weighted by molar-refractivity contribution is -0.129. The van der Waals surface area contributed by atoms with Gasteiger partial charge in [-0.25, -0.2) is 15.4 Å². The predicted molar refractivity (Wildman–Crippen MR) is 163 cm³/mol.